The SMILES string of the molecule is O=c1cc(-c2ccccc2)c2cc(Cl)c(OCc3ccccc3)cc2o1. The van der Waals surface area contributed by atoms with E-state index in [9.17, 15) is 4.79 Å². The van der Waals surface area contributed by atoms with Crippen LogP contribution in [0.4, 0.5) is 0 Å². The highest BCUT2D eigenvalue weighted by Gasteiger charge is 2.12. The molecule has 0 bridgehead atoms. The molecule has 1 heterocycles. The predicted octanol–water partition coefficient (Wildman–Crippen LogP) is 5.69. The summed E-state index contributed by atoms with van der Waals surface area (Å²) in [5.41, 5.74) is 2.78. The first-order valence-corrected chi connectivity index (χ1v) is 8.58. The number of hydrogen-bond donors (Lipinski definition) is 0. The van der Waals surface area contributed by atoms with E-state index in [4.69, 9.17) is 20.8 Å². The summed E-state index contributed by atoms with van der Waals surface area (Å²) in [7, 11) is 0. The highest BCUT2D eigenvalue weighted by atomic mass is 35.5. The van der Waals surface area contributed by atoms with Gasteiger partial charge in [-0.15, -0.1) is 0 Å². The number of fused-ring (bicyclic) bond motifs is 1. The molecule has 0 amide bonds. The van der Waals surface area contributed by atoms with Crippen LogP contribution in [-0.4, -0.2) is 0 Å². The first-order chi connectivity index (χ1) is 12.7. The van der Waals surface area contributed by atoms with Gasteiger partial charge in [-0.2, -0.15) is 0 Å². The Kier molecular flexibility index (Phi) is 4.46. The van der Waals surface area contributed by atoms with Crippen molar-refractivity contribution < 1.29 is 9.15 Å². The summed E-state index contributed by atoms with van der Waals surface area (Å²) >= 11 is 6.42. The lowest BCUT2D eigenvalue weighted by Crippen LogP contribution is -2.00. The largest absolute Gasteiger partial charge is 0.487 e. The van der Waals surface area contributed by atoms with Gasteiger partial charge in [-0.05, 0) is 22.8 Å². The van der Waals surface area contributed by atoms with Crippen molar-refractivity contribution in [2.24, 2.45) is 0 Å². The van der Waals surface area contributed by atoms with Crippen LogP contribution in [0, 0.1) is 0 Å². The second kappa shape index (κ2) is 7.06. The van der Waals surface area contributed by atoms with Gasteiger partial charge >= 0.3 is 5.63 Å². The van der Waals surface area contributed by atoms with Crippen LogP contribution in [0.3, 0.4) is 0 Å². The van der Waals surface area contributed by atoms with Crippen molar-refractivity contribution >= 4 is 22.6 Å². The van der Waals surface area contributed by atoms with E-state index >= 15 is 0 Å². The summed E-state index contributed by atoms with van der Waals surface area (Å²) in [5.74, 6) is 0.483. The highest BCUT2D eigenvalue weighted by Crippen LogP contribution is 2.35. The molecule has 0 atom stereocenters. The number of benzene rings is 3. The second-order valence-electron chi connectivity index (χ2n) is 5.90. The molecule has 3 aromatic carbocycles. The summed E-state index contributed by atoms with van der Waals surface area (Å²) in [5, 5.41) is 1.24. The lowest BCUT2D eigenvalue weighted by molar-refractivity contribution is 0.306. The third-order valence-corrected chi connectivity index (χ3v) is 4.41. The van der Waals surface area contributed by atoms with Gasteiger partial charge < -0.3 is 9.15 Å². The first-order valence-electron chi connectivity index (χ1n) is 8.20. The van der Waals surface area contributed by atoms with Crippen molar-refractivity contribution in [2.75, 3.05) is 0 Å². The van der Waals surface area contributed by atoms with Crippen molar-refractivity contribution in [1.82, 2.24) is 0 Å². The van der Waals surface area contributed by atoms with Crippen LogP contribution < -0.4 is 10.4 Å². The molecule has 26 heavy (non-hydrogen) atoms. The van der Waals surface area contributed by atoms with Crippen LogP contribution in [0.5, 0.6) is 5.75 Å². The second-order valence-corrected chi connectivity index (χ2v) is 6.31. The molecule has 4 rings (SSSR count). The molecule has 3 nitrogen and oxygen atoms in total. The standard InChI is InChI=1S/C22H15ClO3/c23-19-11-18-17(16-9-5-2-6-10-16)12-22(24)26-20(18)13-21(19)25-14-15-7-3-1-4-8-15/h1-13H,14H2. The quantitative estimate of drug-likeness (QED) is 0.437. The maximum atomic E-state index is 12.0. The summed E-state index contributed by atoms with van der Waals surface area (Å²) in [6, 6.07) is 24.4. The van der Waals surface area contributed by atoms with Gasteiger partial charge in [0, 0.05) is 17.5 Å². The van der Waals surface area contributed by atoms with Gasteiger partial charge in [0.05, 0.1) is 5.02 Å². The fourth-order valence-corrected chi connectivity index (χ4v) is 3.08. The number of hydrogen-bond acceptors (Lipinski definition) is 3. The molecule has 0 aliphatic carbocycles. The Balaban J connectivity index is 1.76. The molecule has 0 fully saturated rings. The maximum Gasteiger partial charge on any atom is 0.336 e. The van der Waals surface area contributed by atoms with Crippen molar-refractivity contribution in [1.29, 1.82) is 0 Å². The van der Waals surface area contributed by atoms with Crippen molar-refractivity contribution in [3.63, 3.8) is 0 Å². The fraction of sp³-hybridized carbons (Fsp3) is 0.0455. The van der Waals surface area contributed by atoms with Crippen LogP contribution in [-0.2, 0) is 6.61 Å². The van der Waals surface area contributed by atoms with Crippen molar-refractivity contribution in [2.45, 2.75) is 6.61 Å². The van der Waals surface area contributed by atoms with E-state index in [1.807, 2.05) is 60.7 Å². The monoisotopic (exact) mass is 362 g/mol. The normalized spacial score (nSPS) is 10.8. The van der Waals surface area contributed by atoms with Crippen molar-refractivity contribution in [3.8, 4) is 16.9 Å². The predicted molar refractivity (Wildman–Crippen MR) is 104 cm³/mol. The molecule has 4 heteroatoms. The molecule has 0 unspecified atom stereocenters. The molecule has 4 aromatic rings. The highest BCUT2D eigenvalue weighted by molar-refractivity contribution is 6.33. The Bertz CT molecular complexity index is 1100. The molecule has 0 saturated carbocycles. The number of rotatable bonds is 4. The van der Waals surface area contributed by atoms with E-state index < -0.39 is 5.63 Å². The molecule has 1 aromatic heterocycles. The number of ether oxygens (including phenoxy) is 1. The van der Waals surface area contributed by atoms with Gasteiger partial charge in [0.15, 0.2) is 0 Å². The zero-order valence-electron chi connectivity index (χ0n) is 13.8. The molecule has 0 aliphatic rings. The molecular formula is C22H15ClO3. The van der Waals surface area contributed by atoms with Gasteiger partial charge in [0.25, 0.3) is 0 Å². The minimum atomic E-state index is -0.410. The molecular weight excluding hydrogens is 348 g/mol. The molecule has 0 N–H and O–H groups in total. The minimum absolute atomic E-state index is 0.384. The molecule has 0 saturated heterocycles. The average Bonchev–Trinajstić information content (AvgIpc) is 2.68. The van der Waals surface area contributed by atoms with Crippen LogP contribution in [0.2, 0.25) is 5.02 Å². The summed E-state index contributed by atoms with van der Waals surface area (Å²) in [6.07, 6.45) is 0. The van der Waals surface area contributed by atoms with Gasteiger partial charge in [-0.3, -0.25) is 0 Å². The van der Waals surface area contributed by atoms with Crippen LogP contribution in [0.1, 0.15) is 5.56 Å². The average molecular weight is 363 g/mol. The van der Waals surface area contributed by atoms with E-state index in [1.165, 1.54) is 6.07 Å². The van der Waals surface area contributed by atoms with E-state index in [0.29, 0.717) is 23.0 Å². The van der Waals surface area contributed by atoms with Crippen molar-refractivity contribution in [3.05, 3.63) is 99.9 Å². The van der Waals surface area contributed by atoms with Gasteiger partial charge in [-0.25, -0.2) is 4.79 Å². The third kappa shape index (κ3) is 3.35. The first kappa shape index (κ1) is 16.4. The Morgan fingerprint density at radius 2 is 1.58 bits per heavy atom. The Hall–Kier alpha value is -3.04. The summed E-state index contributed by atoms with van der Waals surface area (Å²) in [6.45, 7) is 0.384. The Morgan fingerprint density at radius 3 is 2.31 bits per heavy atom. The molecule has 0 spiro atoms. The summed E-state index contributed by atoms with van der Waals surface area (Å²) < 4.78 is 11.2. The smallest absolute Gasteiger partial charge is 0.336 e. The lowest BCUT2D eigenvalue weighted by atomic mass is 10.0. The Labute approximate surface area is 155 Å². The van der Waals surface area contributed by atoms with Gasteiger partial charge in [0.2, 0.25) is 0 Å². The third-order valence-electron chi connectivity index (χ3n) is 4.12. The molecule has 128 valence electrons. The van der Waals surface area contributed by atoms with E-state index in [2.05, 4.69) is 0 Å². The molecule has 0 aliphatic heterocycles. The van der Waals surface area contributed by atoms with E-state index in [-0.39, 0.29) is 0 Å². The van der Waals surface area contributed by atoms with E-state index in [0.717, 1.165) is 22.1 Å². The van der Waals surface area contributed by atoms with E-state index in [1.54, 1.807) is 12.1 Å². The van der Waals surface area contributed by atoms with Gasteiger partial charge in [-0.1, -0.05) is 72.3 Å². The maximum absolute atomic E-state index is 12.0. The van der Waals surface area contributed by atoms with Crippen LogP contribution in [0.25, 0.3) is 22.1 Å². The topological polar surface area (TPSA) is 39.4 Å². The Morgan fingerprint density at radius 1 is 0.885 bits per heavy atom. The summed E-state index contributed by atoms with van der Waals surface area (Å²) in [4.78, 5) is 12.0. The van der Waals surface area contributed by atoms with Crippen LogP contribution >= 0.6 is 11.6 Å². The molecule has 0 radical (unpaired) electrons. The van der Waals surface area contributed by atoms with Crippen LogP contribution in [0.15, 0.2) is 88.1 Å². The minimum Gasteiger partial charge on any atom is -0.487 e. The van der Waals surface area contributed by atoms with Gasteiger partial charge in [0.1, 0.15) is 17.9 Å². The zero-order valence-corrected chi connectivity index (χ0v) is 14.6. The zero-order chi connectivity index (χ0) is 17.9. The number of halogens is 1. The lowest BCUT2D eigenvalue weighted by Gasteiger charge is -2.11. The fourth-order valence-electron chi connectivity index (χ4n) is 2.87.